The number of nitrogens with zero attached hydrogens (tertiary/aromatic N) is 4. The summed E-state index contributed by atoms with van der Waals surface area (Å²) in [5.41, 5.74) is 0.521. The fourth-order valence-electron chi connectivity index (χ4n) is 1.85. The normalized spacial score (nSPS) is 10.8. The molecule has 0 amide bonds. The highest BCUT2D eigenvalue weighted by molar-refractivity contribution is 7.13. The molecule has 0 aliphatic carbocycles. The number of hydrogen-bond donors (Lipinski definition) is 1. The number of carboxylic acid groups (broad SMARTS) is 1. The highest BCUT2D eigenvalue weighted by Crippen LogP contribution is 2.28. The van der Waals surface area contributed by atoms with Crippen LogP contribution in [-0.4, -0.2) is 31.1 Å². The number of thiophene rings is 1. The van der Waals surface area contributed by atoms with Crippen molar-refractivity contribution in [2.75, 3.05) is 0 Å². The fourth-order valence-corrected chi connectivity index (χ4v) is 3.40. The molecule has 8 heteroatoms. The molecule has 3 rings (SSSR count). The van der Waals surface area contributed by atoms with Crippen LogP contribution in [0.2, 0.25) is 0 Å². The molecule has 0 saturated heterocycles. The van der Waals surface area contributed by atoms with Gasteiger partial charge in [0.1, 0.15) is 5.69 Å². The zero-order valence-electron chi connectivity index (χ0n) is 10.5. The van der Waals surface area contributed by atoms with E-state index in [1.165, 1.54) is 11.3 Å². The molecule has 3 aromatic heterocycles. The van der Waals surface area contributed by atoms with Crippen molar-refractivity contribution in [1.29, 1.82) is 0 Å². The smallest absolute Gasteiger partial charge is 0.358 e. The summed E-state index contributed by atoms with van der Waals surface area (Å²) >= 11 is 3.03. The molecule has 0 aromatic carbocycles. The highest BCUT2D eigenvalue weighted by atomic mass is 32.1. The molecule has 0 aliphatic heterocycles. The van der Waals surface area contributed by atoms with Gasteiger partial charge in [0.2, 0.25) is 0 Å². The van der Waals surface area contributed by atoms with E-state index < -0.39 is 5.97 Å². The van der Waals surface area contributed by atoms with E-state index >= 15 is 0 Å². The number of thiazole rings is 1. The minimum absolute atomic E-state index is 0.0197. The highest BCUT2D eigenvalue weighted by Gasteiger charge is 2.21. The third-order valence-electron chi connectivity index (χ3n) is 2.67. The molecule has 0 spiro atoms. The van der Waals surface area contributed by atoms with E-state index in [9.17, 15) is 9.90 Å². The molecule has 6 nitrogen and oxygen atoms in total. The number of carbonyl (C=O) groups is 1. The lowest BCUT2D eigenvalue weighted by atomic mass is 10.2. The number of aromatic nitrogens is 4. The van der Waals surface area contributed by atoms with Crippen LogP contribution in [0.25, 0.3) is 10.6 Å². The van der Waals surface area contributed by atoms with Crippen LogP contribution >= 0.6 is 22.7 Å². The topological polar surface area (TPSA) is 80.9 Å². The summed E-state index contributed by atoms with van der Waals surface area (Å²) in [5, 5.41) is 19.8. The van der Waals surface area contributed by atoms with Crippen molar-refractivity contribution < 1.29 is 9.90 Å². The Morgan fingerprint density at radius 1 is 1.50 bits per heavy atom. The average Bonchev–Trinajstić information content (AvgIpc) is 3.10. The van der Waals surface area contributed by atoms with Crippen molar-refractivity contribution in [1.82, 2.24) is 20.0 Å². The molecular weight excluding hydrogens is 296 g/mol. The summed E-state index contributed by atoms with van der Waals surface area (Å²) in [7, 11) is 0. The average molecular weight is 306 g/mol. The third-order valence-corrected chi connectivity index (χ3v) is 4.44. The SMILES string of the molecule is Cc1ncc(Cn2nnc(C(=O)O)c2-c2cccs2)s1. The van der Waals surface area contributed by atoms with Crippen molar-refractivity contribution in [2.45, 2.75) is 13.5 Å². The molecule has 1 N–H and O–H groups in total. The molecule has 0 radical (unpaired) electrons. The minimum Gasteiger partial charge on any atom is -0.476 e. The third kappa shape index (κ3) is 2.35. The Morgan fingerprint density at radius 2 is 2.35 bits per heavy atom. The maximum atomic E-state index is 11.3. The monoisotopic (exact) mass is 306 g/mol. The molecule has 102 valence electrons. The first-order valence-electron chi connectivity index (χ1n) is 5.77. The van der Waals surface area contributed by atoms with Gasteiger partial charge in [-0.15, -0.1) is 27.8 Å². The first-order chi connectivity index (χ1) is 9.65. The molecule has 0 bridgehead atoms. The van der Waals surface area contributed by atoms with Crippen LogP contribution in [0.1, 0.15) is 20.4 Å². The Bertz CT molecular complexity index is 745. The quantitative estimate of drug-likeness (QED) is 0.801. The Labute approximate surface area is 122 Å². The Hall–Kier alpha value is -2.06. The second-order valence-corrected chi connectivity index (χ2v) is 6.34. The van der Waals surface area contributed by atoms with E-state index in [4.69, 9.17) is 0 Å². The molecular formula is C12H10N4O2S2. The van der Waals surface area contributed by atoms with Crippen LogP contribution in [0, 0.1) is 6.92 Å². The molecule has 0 unspecified atom stereocenters. The Morgan fingerprint density at radius 3 is 2.95 bits per heavy atom. The molecule has 0 aliphatic rings. The first kappa shape index (κ1) is 12.9. The molecule has 0 atom stereocenters. The second-order valence-electron chi connectivity index (χ2n) is 4.07. The second kappa shape index (κ2) is 5.14. The van der Waals surface area contributed by atoms with E-state index in [0.717, 1.165) is 14.8 Å². The zero-order chi connectivity index (χ0) is 14.1. The van der Waals surface area contributed by atoms with Gasteiger partial charge >= 0.3 is 5.97 Å². The number of aromatic carboxylic acids is 1. The van der Waals surface area contributed by atoms with Gasteiger partial charge in [-0.2, -0.15) is 0 Å². The number of aryl methyl sites for hydroxylation is 1. The Balaban J connectivity index is 2.05. The van der Waals surface area contributed by atoms with Crippen LogP contribution in [0.3, 0.4) is 0 Å². The van der Waals surface area contributed by atoms with Gasteiger partial charge in [-0.25, -0.2) is 14.5 Å². The lowest BCUT2D eigenvalue weighted by Crippen LogP contribution is -2.04. The molecule has 3 aromatic rings. The van der Waals surface area contributed by atoms with Gasteiger partial charge in [0.05, 0.1) is 16.4 Å². The summed E-state index contributed by atoms with van der Waals surface area (Å²) in [4.78, 5) is 17.3. The van der Waals surface area contributed by atoms with Gasteiger partial charge in [0.15, 0.2) is 5.69 Å². The maximum Gasteiger partial charge on any atom is 0.358 e. The number of rotatable bonds is 4. The predicted molar refractivity (Wildman–Crippen MR) is 76.2 cm³/mol. The lowest BCUT2D eigenvalue weighted by Gasteiger charge is -2.03. The van der Waals surface area contributed by atoms with Crippen LogP contribution in [-0.2, 0) is 6.54 Å². The van der Waals surface area contributed by atoms with Crippen molar-refractivity contribution in [2.24, 2.45) is 0 Å². The summed E-state index contributed by atoms with van der Waals surface area (Å²) in [6, 6.07) is 3.74. The summed E-state index contributed by atoms with van der Waals surface area (Å²) in [5.74, 6) is -1.07. The number of hydrogen-bond acceptors (Lipinski definition) is 6. The van der Waals surface area contributed by atoms with E-state index in [2.05, 4.69) is 15.3 Å². The largest absolute Gasteiger partial charge is 0.476 e. The van der Waals surface area contributed by atoms with Crippen LogP contribution in [0.15, 0.2) is 23.7 Å². The molecule has 20 heavy (non-hydrogen) atoms. The number of carboxylic acids is 1. The van der Waals surface area contributed by atoms with Crippen LogP contribution in [0.4, 0.5) is 0 Å². The van der Waals surface area contributed by atoms with Crippen molar-refractivity contribution >= 4 is 28.6 Å². The van der Waals surface area contributed by atoms with Gasteiger partial charge in [0.25, 0.3) is 0 Å². The van der Waals surface area contributed by atoms with Gasteiger partial charge in [-0.1, -0.05) is 11.3 Å². The fraction of sp³-hybridized carbons (Fsp3) is 0.167. The van der Waals surface area contributed by atoms with Gasteiger partial charge in [-0.3, -0.25) is 0 Å². The van der Waals surface area contributed by atoms with E-state index in [1.807, 2.05) is 24.4 Å². The standard InChI is InChI=1S/C12H10N4O2S2/c1-7-13-5-8(20-7)6-16-11(9-3-2-4-19-9)10(12(17)18)14-15-16/h2-5H,6H2,1H3,(H,17,18). The van der Waals surface area contributed by atoms with Gasteiger partial charge in [-0.05, 0) is 18.4 Å². The van der Waals surface area contributed by atoms with Crippen molar-refractivity contribution in [3.05, 3.63) is 39.3 Å². The van der Waals surface area contributed by atoms with E-state index in [0.29, 0.717) is 12.2 Å². The van der Waals surface area contributed by atoms with Crippen molar-refractivity contribution in [3.63, 3.8) is 0 Å². The zero-order valence-corrected chi connectivity index (χ0v) is 12.1. The summed E-state index contributed by atoms with van der Waals surface area (Å²) < 4.78 is 1.61. The van der Waals surface area contributed by atoms with Crippen LogP contribution < -0.4 is 0 Å². The van der Waals surface area contributed by atoms with Gasteiger partial charge in [0, 0.05) is 11.1 Å². The van der Waals surface area contributed by atoms with Crippen LogP contribution in [0.5, 0.6) is 0 Å². The predicted octanol–water partition coefficient (Wildman–Crippen LogP) is 2.52. The lowest BCUT2D eigenvalue weighted by molar-refractivity contribution is 0.0691. The van der Waals surface area contributed by atoms with Crippen molar-refractivity contribution in [3.8, 4) is 10.6 Å². The molecule has 3 heterocycles. The van der Waals surface area contributed by atoms with E-state index in [1.54, 1.807) is 22.2 Å². The van der Waals surface area contributed by atoms with Gasteiger partial charge < -0.3 is 5.11 Å². The summed E-state index contributed by atoms with van der Waals surface area (Å²) in [6.45, 7) is 2.40. The Kier molecular flexibility index (Phi) is 3.33. The summed E-state index contributed by atoms with van der Waals surface area (Å²) in [6.07, 6.45) is 1.78. The minimum atomic E-state index is -1.07. The van der Waals surface area contributed by atoms with E-state index in [-0.39, 0.29) is 5.69 Å². The molecule has 0 saturated carbocycles. The molecule has 0 fully saturated rings. The maximum absolute atomic E-state index is 11.3. The first-order valence-corrected chi connectivity index (χ1v) is 7.46.